The van der Waals surface area contributed by atoms with Crippen molar-refractivity contribution in [3.63, 3.8) is 0 Å². The molecule has 0 spiro atoms. The second-order valence-corrected chi connectivity index (χ2v) is 4.69. The minimum Gasteiger partial charge on any atom is -0.480 e. The third-order valence-electron chi connectivity index (χ3n) is 2.26. The first kappa shape index (κ1) is 12.1. The molecule has 0 aromatic carbocycles. The molecule has 0 unspecified atom stereocenters. The molecule has 1 heterocycles. The lowest BCUT2D eigenvalue weighted by Gasteiger charge is -2.23. The quantitative estimate of drug-likeness (QED) is 0.834. The lowest BCUT2D eigenvalue weighted by molar-refractivity contribution is -0.138. The van der Waals surface area contributed by atoms with E-state index in [9.17, 15) is 4.79 Å². The Morgan fingerprint density at radius 3 is 2.73 bits per heavy atom. The Morgan fingerprint density at radius 2 is 2.33 bits per heavy atom. The predicted molar refractivity (Wildman–Crippen MR) is 60.0 cm³/mol. The summed E-state index contributed by atoms with van der Waals surface area (Å²) in [5.41, 5.74) is 2.79. The van der Waals surface area contributed by atoms with Crippen LogP contribution in [0.3, 0.4) is 0 Å². The Morgan fingerprint density at radius 1 is 1.67 bits per heavy atom. The highest BCUT2D eigenvalue weighted by molar-refractivity contribution is 7.09. The van der Waals surface area contributed by atoms with Crippen molar-refractivity contribution >= 4 is 17.3 Å². The standard InChI is InChI=1S/C10H16N2O2S/c1-7(2)12(5-10(13)14)4-9-8(3)11-6-15-9/h6-7H,4-5H2,1-3H3,(H,13,14). The fourth-order valence-electron chi connectivity index (χ4n) is 1.26. The van der Waals surface area contributed by atoms with Gasteiger partial charge >= 0.3 is 5.97 Å². The number of aromatic nitrogens is 1. The maximum absolute atomic E-state index is 10.7. The van der Waals surface area contributed by atoms with E-state index in [0.29, 0.717) is 6.54 Å². The highest BCUT2D eigenvalue weighted by atomic mass is 32.1. The molecular formula is C10H16N2O2S. The normalized spacial score (nSPS) is 11.3. The van der Waals surface area contributed by atoms with Gasteiger partial charge in [-0.2, -0.15) is 0 Å². The number of hydrogen-bond acceptors (Lipinski definition) is 4. The largest absolute Gasteiger partial charge is 0.480 e. The van der Waals surface area contributed by atoms with E-state index < -0.39 is 5.97 Å². The monoisotopic (exact) mass is 228 g/mol. The molecule has 15 heavy (non-hydrogen) atoms. The fourth-order valence-corrected chi connectivity index (χ4v) is 2.06. The van der Waals surface area contributed by atoms with Crippen LogP contribution in [0.5, 0.6) is 0 Å². The average Bonchev–Trinajstić information content (AvgIpc) is 2.50. The summed E-state index contributed by atoms with van der Waals surface area (Å²) in [6.07, 6.45) is 0. The molecule has 0 atom stereocenters. The molecule has 84 valence electrons. The molecule has 1 aromatic heterocycles. The van der Waals surface area contributed by atoms with Gasteiger partial charge in [-0.25, -0.2) is 4.98 Å². The minimum atomic E-state index is -0.786. The van der Waals surface area contributed by atoms with Crippen molar-refractivity contribution in [2.75, 3.05) is 6.54 Å². The number of thiazole rings is 1. The maximum atomic E-state index is 10.7. The number of nitrogens with zero attached hydrogens (tertiary/aromatic N) is 2. The molecule has 0 aliphatic heterocycles. The van der Waals surface area contributed by atoms with Gasteiger partial charge in [-0.05, 0) is 20.8 Å². The molecule has 1 aromatic rings. The van der Waals surface area contributed by atoms with Gasteiger partial charge in [0.15, 0.2) is 0 Å². The molecule has 1 rings (SSSR count). The maximum Gasteiger partial charge on any atom is 0.317 e. The summed E-state index contributed by atoms with van der Waals surface area (Å²) in [4.78, 5) is 17.9. The third-order valence-corrected chi connectivity index (χ3v) is 3.18. The van der Waals surface area contributed by atoms with E-state index in [-0.39, 0.29) is 12.6 Å². The zero-order chi connectivity index (χ0) is 11.4. The fraction of sp³-hybridized carbons (Fsp3) is 0.600. The molecule has 4 nitrogen and oxygen atoms in total. The first-order chi connectivity index (χ1) is 7.00. The van der Waals surface area contributed by atoms with Crippen molar-refractivity contribution in [3.8, 4) is 0 Å². The van der Waals surface area contributed by atoms with Gasteiger partial charge in [0.2, 0.25) is 0 Å². The molecule has 0 saturated carbocycles. The lowest BCUT2D eigenvalue weighted by atomic mass is 10.3. The van der Waals surface area contributed by atoms with Gasteiger partial charge in [0.1, 0.15) is 0 Å². The molecule has 0 fully saturated rings. The first-order valence-electron chi connectivity index (χ1n) is 4.85. The van der Waals surface area contributed by atoms with Gasteiger partial charge in [-0.1, -0.05) is 0 Å². The smallest absolute Gasteiger partial charge is 0.317 e. The van der Waals surface area contributed by atoms with Gasteiger partial charge in [-0.3, -0.25) is 9.69 Å². The Labute approximate surface area is 93.6 Å². The predicted octanol–water partition coefficient (Wildman–Crippen LogP) is 1.75. The lowest BCUT2D eigenvalue weighted by Crippen LogP contribution is -2.35. The van der Waals surface area contributed by atoms with Crippen LogP contribution < -0.4 is 0 Å². The average molecular weight is 228 g/mol. The Kier molecular flexibility index (Phi) is 4.23. The molecule has 0 aliphatic carbocycles. The van der Waals surface area contributed by atoms with Crippen LogP contribution in [0.4, 0.5) is 0 Å². The number of carbonyl (C=O) groups is 1. The third kappa shape index (κ3) is 3.60. The van der Waals surface area contributed by atoms with E-state index in [1.165, 1.54) is 0 Å². The summed E-state index contributed by atoms with van der Waals surface area (Å²) in [7, 11) is 0. The van der Waals surface area contributed by atoms with E-state index >= 15 is 0 Å². The first-order valence-corrected chi connectivity index (χ1v) is 5.73. The van der Waals surface area contributed by atoms with Crippen LogP contribution in [-0.2, 0) is 11.3 Å². The van der Waals surface area contributed by atoms with Crippen molar-refractivity contribution in [2.45, 2.75) is 33.4 Å². The topological polar surface area (TPSA) is 53.4 Å². The number of aryl methyl sites for hydroxylation is 1. The van der Waals surface area contributed by atoms with Crippen molar-refractivity contribution < 1.29 is 9.90 Å². The molecule has 0 radical (unpaired) electrons. The summed E-state index contributed by atoms with van der Waals surface area (Å²) in [6, 6.07) is 0.225. The summed E-state index contributed by atoms with van der Waals surface area (Å²) < 4.78 is 0. The van der Waals surface area contributed by atoms with E-state index in [2.05, 4.69) is 4.98 Å². The zero-order valence-electron chi connectivity index (χ0n) is 9.23. The number of aliphatic carboxylic acids is 1. The van der Waals surface area contributed by atoms with Crippen molar-refractivity contribution in [1.29, 1.82) is 0 Å². The van der Waals surface area contributed by atoms with Gasteiger partial charge in [0.05, 0.1) is 17.7 Å². The van der Waals surface area contributed by atoms with Gasteiger partial charge in [0, 0.05) is 17.5 Å². The van der Waals surface area contributed by atoms with Crippen LogP contribution in [0, 0.1) is 6.92 Å². The number of hydrogen-bond donors (Lipinski definition) is 1. The number of carboxylic acid groups (broad SMARTS) is 1. The van der Waals surface area contributed by atoms with E-state index in [4.69, 9.17) is 5.11 Å². The van der Waals surface area contributed by atoms with Crippen LogP contribution >= 0.6 is 11.3 Å². The number of carboxylic acids is 1. The van der Waals surface area contributed by atoms with Crippen molar-refractivity contribution in [2.24, 2.45) is 0 Å². The second kappa shape index (κ2) is 5.23. The molecule has 1 N–H and O–H groups in total. The molecule has 0 bridgehead atoms. The molecule has 0 aliphatic rings. The van der Waals surface area contributed by atoms with E-state index in [0.717, 1.165) is 10.6 Å². The Bertz CT molecular complexity index is 336. The summed E-state index contributed by atoms with van der Waals surface area (Å²) >= 11 is 1.58. The van der Waals surface area contributed by atoms with Crippen LogP contribution in [0.1, 0.15) is 24.4 Å². The zero-order valence-corrected chi connectivity index (χ0v) is 10.0. The molecule has 5 heteroatoms. The van der Waals surface area contributed by atoms with Crippen molar-refractivity contribution in [3.05, 3.63) is 16.1 Å². The Hall–Kier alpha value is -0.940. The minimum absolute atomic E-state index is 0.0784. The number of rotatable bonds is 5. The van der Waals surface area contributed by atoms with Crippen LogP contribution in [0.2, 0.25) is 0 Å². The van der Waals surface area contributed by atoms with Crippen LogP contribution in [0.15, 0.2) is 5.51 Å². The highest BCUT2D eigenvalue weighted by Crippen LogP contribution is 2.16. The van der Waals surface area contributed by atoms with Gasteiger partial charge in [0.25, 0.3) is 0 Å². The second-order valence-electron chi connectivity index (χ2n) is 3.75. The van der Waals surface area contributed by atoms with Gasteiger partial charge in [-0.15, -0.1) is 11.3 Å². The SMILES string of the molecule is Cc1ncsc1CN(CC(=O)O)C(C)C. The molecule has 0 amide bonds. The van der Waals surface area contributed by atoms with Gasteiger partial charge < -0.3 is 5.11 Å². The summed E-state index contributed by atoms with van der Waals surface area (Å²) in [5, 5.41) is 8.78. The highest BCUT2D eigenvalue weighted by Gasteiger charge is 2.15. The molecular weight excluding hydrogens is 212 g/mol. The van der Waals surface area contributed by atoms with E-state index in [1.807, 2.05) is 25.7 Å². The van der Waals surface area contributed by atoms with E-state index in [1.54, 1.807) is 16.8 Å². The summed E-state index contributed by atoms with van der Waals surface area (Å²) in [6.45, 7) is 6.69. The van der Waals surface area contributed by atoms with Crippen LogP contribution in [0.25, 0.3) is 0 Å². The Balaban J connectivity index is 2.67. The van der Waals surface area contributed by atoms with Crippen molar-refractivity contribution in [1.82, 2.24) is 9.88 Å². The summed E-state index contributed by atoms with van der Waals surface area (Å²) in [5.74, 6) is -0.786. The molecule has 0 saturated heterocycles. The van der Waals surface area contributed by atoms with Crippen LogP contribution in [-0.4, -0.2) is 33.5 Å².